The van der Waals surface area contributed by atoms with Gasteiger partial charge in [-0.3, -0.25) is 0 Å². The maximum absolute atomic E-state index is 5.94. The van der Waals surface area contributed by atoms with Crippen LogP contribution < -0.4 is 10.2 Å². The number of aromatic nitrogens is 2. The molecule has 0 saturated heterocycles. The van der Waals surface area contributed by atoms with Gasteiger partial charge in [-0.2, -0.15) is 4.98 Å². The Balaban J connectivity index is 1.43. The Morgan fingerprint density at radius 2 is 1.81 bits per heavy atom. The van der Waals surface area contributed by atoms with E-state index in [1.165, 1.54) is 16.7 Å². The number of hydrogen-bond donors (Lipinski definition) is 1. The average molecular weight is 379 g/mol. The highest BCUT2D eigenvalue weighted by Gasteiger charge is 2.18. The molecule has 3 aromatic rings. The molecule has 1 aliphatic rings. The summed E-state index contributed by atoms with van der Waals surface area (Å²) in [5.74, 6) is 1.68. The molecule has 0 amide bonds. The molecule has 1 aromatic heterocycles. The third-order valence-corrected chi connectivity index (χ3v) is 5.14. The minimum Gasteiger partial charge on any atom is -0.370 e. The van der Waals surface area contributed by atoms with Gasteiger partial charge in [0.15, 0.2) is 0 Å². The summed E-state index contributed by atoms with van der Waals surface area (Å²) in [6.07, 6.45) is 1.96. The SMILES string of the molecule is Cc1cc(NCCc2ccc(Cl)cc2)nc(N2CCc3ccccc3C2)n1. The van der Waals surface area contributed by atoms with Gasteiger partial charge in [0.1, 0.15) is 5.82 Å². The third-order valence-electron chi connectivity index (χ3n) is 4.89. The van der Waals surface area contributed by atoms with Gasteiger partial charge in [-0.1, -0.05) is 48.0 Å². The Morgan fingerprint density at radius 1 is 1.04 bits per heavy atom. The van der Waals surface area contributed by atoms with E-state index in [1.54, 1.807) is 0 Å². The first-order valence-corrected chi connectivity index (χ1v) is 9.71. The van der Waals surface area contributed by atoms with Gasteiger partial charge in [0, 0.05) is 36.4 Å². The maximum Gasteiger partial charge on any atom is 0.227 e. The lowest BCUT2D eigenvalue weighted by Crippen LogP contribution is -2.32. The zero-order chi connectivity index (χ0) is 18.6. The molecule has 1 N–H and O–H groups in total. The fraction of sp³-hybridized carbons (Fsp3) is 0.273. The summed E-state index contributed by atoms with van der Waals surface area (Å²) in [6, 6.07) is 18.6. The minimum atomic E-state index is 0.769. The zero-order valence-corrected chi connectivity index (χ0v) is 16.2. The molecule has 0 unspecified atom stereocenters. The van der Waals surface area contributed by atoms with Crippen LogP contribution in [0.15, 0.2) is 54.6 Å². The molecule has 1 aliphatic heterocycles. The van der Waals surface area contributed by atoms with Gasteiger partial charge in [-0.15, -0.1) is 0 Å². The molecular formula is C22H23ClN4. The van der Waals surface area contributed by atoms with Crippen molar-refractivity contribution in [1.82, 2.24) is 9.97 Å². The van der Waals surface area contributed by atoms with E-state index in [0.717, 1.165) is 55.0 Å². The largest absolute Gasteiger partial charge is 0.370 e. The van der Waals surface area contributed by atoms with Crippen LogP contribution in [0.4, 0.5) is 11.8 Å². The number of hydrogen-bond acceptors (Lipinski definition) is 4. The number of rotatable bonds is 5. The zero-order valence-electron chi connectivity index (χ0n) is 15.5. The van der Waals surface area contributed by atoms with Crippen LogP contribution in [0.25, 0.3) is 0 Å². The minimum absolute atomic E-state index is 0.769. The summed E-state index contributed by atoms with van der Waals surface area (Å²) in [4.78, 5) is 11.7. The lowest BCUT2D eigenvalue weighted by atomic mass is 10.0. The number of nitrogens with one attached hydrogen (secondary N) is 1. The van der Waals surface area contributed by atoms with Crippen molar-refractivity contribution in [3.05, 3.63) is 82.0 Å². The standard InChI is InChI=1S/C22H23ClN4/c1-16-14-21(24-12-10-17-6-8-20(23)9-7-17)26-22(25-16)27-13-11-18-4-2-3-5-19(18)15-27/h2-9,14H,10-13,15H2,1H3,(H,24,25,26). The highest BCUT2D eigenvalue weighted by molar-refractivity contribution is 6.30. The van der Waals surface area contributed by atoms with Crippen LogP contribution in [0.1, 0.15) is 22.4 Å². The molecule has 0 atom stereocenters. The molecular weight excluding hydrogens is 356 g/mol. The van der Waals surface area contributed by atoms with Crippen LogP contribution in [0.2, 0.25) is 5.02 Å². The molecule has 0 aliphatic carbocycles. The first kappa shape index (κ1) is 17.8. The Labute approximate surface area is 165 Å². The van der Waals surface area contributed by atoms with Gasteiger partial charge < -0.3 is 10.2 Å². The summed E-state index contributed by atoms with van der Waals surface area (Å²) < 4.78 is 0. The highest BCUT2D eigenvalue weighted by atomic mass is 35.5. The van der Waals surface area contributed by atoms with Gasteiger partial charge in [0.2, 0.25) is 5.95 Å². The van der Waals surface area contributed by atoms with Gasteiger partial charge in [-0.05, 0) is 48.6 Å². The van der Waals surface area contributed by atoms with Gasteiger partial charge in [-0.25, -0.2) is 4.98 Å². The highest BCUT2D eigenvalue weighted by Crippen LogP contribution is 2.23. The van der Waals surface area contributed by atoms with Gasteiger partial charge in [0.25, 0.3) is 0 Å². The number of aryl methyl sites for hydroxylation is 1. The molecule has 0 radical (unpaired) electrons. The van der Waals surface area contributed by atoms with Crippen LogP contribution in [-0.2, 0) is 19.4 Å². The molecule has 2 aromatic carbocycles. The Kier molecular flexibility index (Phi) is 5.26. The summed E-state index contributed by atoms with van der Waals surface area (Å²) in [5, 5.41) is 4.21. The van der Waals surface area contributed by atoms with Crippen LogP contribution in [0.3, 0.4) is 0 Å². The lowest BCUT2D eigenvalue weighted by molar-refractivity contribution is 0.706. The number of benzene rings is 2. The molecule has 138 valence electrons. The van der Waals surface area contributed by atoms with Crippen LogP contribution >= 0.6 is 11.6 Å². The van der Waals surface area contributed by atoms with Crippen LogP contribution in [-0.4, -0.2) is 23.1 Å². The van der Waals surface area contributed by atoms with E-state index in [4.69, 9.17) is 16.6 Å². The molecule has 0 fully saturated rings. The molecule has 2 heterocycles. The van der Waals surface area contributed by atoms with E-state index in [-0.39, 0.29) is 0 Å². The predicted molar refractivity (Wildman–Crippen MR) is 112 cm³/mol. The van der Waals surface area contributed by atoms with E-state index in [9.17, 15) is 0 Å². The molecule has 5 heteroatoms. The number of halogens is 1. The fourth-order valence-corrected chi connectivity index (χ4v) is 3.56. The summed E-state index contributed by atoms with van der Waals surface area (Å²) in [7, 11) is 0. The van der Waals surface area contributed by atoms with Crippen molar-refractivity contribution in [2.45, 2.75) is 26.3 Å². The van der Waals surface area contributed by atoms with Crippen molar-refractivity contribution in [3.63, 3.8) is 0 Å². The average Bonchev–Trinajstić information content (AvgIpc) is 2.69. The van der Waals surface area contributed by atoms with Gasteiger partial charge in [0.05, 0.1) is 0 Å². The van der Waals surface area contributed by atoms with Crippen molar-refractivity contribution in [2.24, 2.45) is 0 Å². The van der Waals surface area contributed by atoms with Gasteiger partial charge >= 0.3 is 0 Å². The molecule has 4 nitrogen and oxygen atoms in total. The summed E-state index contributed by atoms with van der Waals surface area (Å²) >= 11 is 5.94. The fourth-order valence-electron chi connectivity index (χ4n) is 3.44. The smallest absolute Gasteiger partial charge is 0.227 e. The molecule has 0 saturated carbocycles. The van der Waals surface area contributed by atoms with Crippen molar-refractivity contribution in [1.29, 1.82) is 0 Å². The quantitative estimate of drug-likeness (QED) is 0.701. The third kappa shape index (κ3) is 4.40. The van der Waals surface area contributed by atoms with Crippen molar-refractivity contribution in [2.75, 3.05) is 23.3 Å². The monoisotopic (exact) mass is 378 g/mol. The number of anilines is 2. The van der Waals surface area contributed by atoms with Crippen molar-refractivity contribution in [3.8, 4) is 0 Å². The summed E-state index contributed by atoms with van der Waals surface area (Å²) in [6.45, 7) is 4.66. The van der Waals surface area contributed by atoms with E-state index < -0.39 is 0 Å². The molecule has 27 heavy (non-hydrogen) atoms. The van der Waals surface area contributed by atoms with E-state index in [2.05, 4.69) is 51.6 Å². The molecule has 0 spiro atoms. The van der Waals surface area contributed by atoms with Crippen molar-refractivity contribution >= 4 is 23.4 Å². The topological polar surface area (TPSA) is 41.1 Å². The van der Waals surface area contributed by atoms with E-state index >= 15 is 0 Å². The lowest BCUT2D eigenvalue weighted by Gasteiger charge is -2.29. The second kappa shape index (κ2) is 7.97. The van der Waals surface area contributed by atoms with Crippen LogP contribution in [0, 0.1) is 6.92 Å². The van der Waals surface area contributed by atoms with E-state index in [0.29, 0.717) is 0 Å². The first-order valence-electron chi connectivity index (χ1n) is 9.33. The van der Waals surface area contributed by atoms with Crippen LogP contribution in [0.5, 0.6) is 0 Å². The second-order valence-electron chi connectivity index (χ2n) is 6.94. The normalized spacial score (nSPS) is 13.3. The first-order chi connectivity index (χ1) is 13.2. The number of fused-ring (bicyclic) bond motifs is 1. The Morgan fingerprint density at radius 3 is 2.63 bits per heavy atom. The number of nitrogens with zero attached hydrogens (tertiary/aromatic N) is 3. The molecule has 4 rings (SSSR count). The van der Waals surface area contributed by atoms with Crippen molar-refractivity contribution < 1.29 is 0 Å². The Hall–Kier alpha value is -2.59. The summed E-state index contributed by atoms with van der Waals surface area (Å²) in [5.41, 5.74) is 5.03. The second-order valence-corrected chi connectivity index (χ2v) is 7.37. The molecule has 0 bridgehead atoms. The predicted octanol–water partition coefficient (Wildman–Crippen LogP) is 4.66. The van der Waals surface area contributed by atoms with E-state index in [1.807, 2.05) is 25.1 Å². The maximum atomic E-state index is 5.94. The Bertz CT molecular complexity index is 924.